The molecule has 0 N–H and O–H groups in total. The van der Waals surface area contributed by atoms with E-state index in [1.807, 2.05) is 30.3 Å². The van der Waals surface area contributed by atoms with Gasteiger partial charge in [-0.05, 0) is 41.5 Å². The van der Waals surface area contributed by atoms with Crippen LogP contribution in [0.2, 0.25) is 0 Å². The van der Waals surface area contributed by atoms with E-state index in [0.29, 0.717) is 30.6 Å². The van der Waals surface area contributed by atoms with Crippen LogP contribution in [0.25, 0.3) is 0 Å². The maximum atomic E-state index is 11.8. The van der Waals surface area contributed by atoms with E-state index in [-0.39, 0.29) is 0 Å². The molecule has 1 aliphatic rings. The number of benzene rings is 2. The van der Waals surface area contributed by atoms with E-state index < -0.39 is 0 Å². The van der Waals surface area contributed by atoms with E-state index in [1.165, 1.54) is 11.1 Å². The summed E-state index contributed by atoms with van der Waals surface area (Å²) in [6, 6.07) is 18.4. The SMILES string of the molecule is CC1CC(=O)CC(c2ccc(OCc3ccccc3)cc2)C1. The fourth-order valence-corrected chi connectivity index (χ4v) is 3.23. The average molecular weight is 294 g/mol. The highest BCUT2D eigenvalue weighted by atomic mass is 16.5. The number of hydrogen-bond donors (Lipinski definition) is 0. The molecule has 114 valence electrons. The molecular weight excluding hydrogens is 272 g/mol. The summed E-state index contributed by atoms with van der Waals surface area (Å²) in [5, 5.41) is 0. The highest BCUT2D eigenvalue weighted by Crippen LogP contribution is 2.34. The van der Waals surface area contributed by atoms with E-state index in [9.17, 15) is 4.79 Å². The Morgan fingerprint density at radius 3 is 2.41 bits per heavy atom. The smallest absolute Gasteiger partial charge is 0.133 e. The molecule has 0 bridgehead atoms. The third kappa shape index (κ3) is 3.76. The van der Waals surface area contributed by atoms with Gasteiger partial charge in [0.25, 0.3) is 0 Å². The van der Waals surface area contributed by atoms with Gasteiger partial charge in [0.05, 0.1) is 0 Å². The summed E-state index contributed by atoms with van der Waals surface area (Å²) in [6.07, 6.45) is 2.54. The molecule has 0 saturated heterocycles. The summed E-state index contributed by atoms with van der Waals surface area (Å²) in [7, 11) is 0. The van der Waals surface area contributed by atoms with Gasteiger partial charge in [-0.15, -0.1) is 0 Å². The van der Waals surface area contributed by atoms with Gasteiger partial charge in [-0.25, -0.2) is 0 Å². The van der Waals surface area contributed by atoms with Gasteiger partial charge >= 0.3 is 0 Å². The molecular formula is C20H22O2. The van der Waals surface area contributed by atoms with E-state index in [0.717, 1.165) is 18.6 Å². The second-order valence-electron chi connectivity index (χ2n) is 6.33. The van der Waals surface area contributed by atoms with Gasteiger partial charge in [0.15, 0.2) is 0 Å². The quantitative estimate of drug-likeness (QED) is 0.814. The molecule has 0 radical (unpaired) electrons. The van der Waals surface area contributed by atoms with Gasteiger partial charge in [-0.2, -0.15) is 0 Å². The van der Waals surface area contributed by atoms with Crippen molar-refractivity contribution in [1.82, 2.24) is 0 Å². The second kappa shape index (κ2) is 6.78. The zero-order valence-electron chi connectivity index (χ0n) is 13.0. The Bertz CT molecular complexity index is 616. The zero-order chi connectivity index (χ0) is 15.4. The first-order valence-corrected chi connectivity index (χ1v) is 7.99. The van der Waals surface area contributed by atoms with Crippen LogP contribution in [0.1, 0.15) is 43.2 Å². The van der Waals surface area contributed by atoms with Crippen molar-refractivity contribution in [2.75, 3.05) is 0 Å². The molecule has 22 heavy (non-hydrogen) atoms. The second-order valence-corrected chi connectivity index (χ2v) is 6.33. The monoisotopic (exact) mass is 294 g/mol. The Morgan fingerprint density at radius 1 is 1.00 bits per heavy atom. The summed E-state index contributed by atoms with van der Waals surface area (Å²) in [5.41, 5.74) is 2.42. The highest BCUT2D eigenvalue weighted by molar-refractivity contribution is 5.80. The van der Waals surface area contributed by atoms with Crippen molar-refractivity contribution in [3.05, 3.63) is 65.7 Å². The molecule has 2 unspecified atom stereocenters. The first-order chi connectivity index (χ1) is 10.7. The fraction of sp³-hybridized carbons (Fsp3) is 0.350. The molecule has 2 aromatic carbocycles. The van der Waals surface area contributed by atoms with Gasteiger partial charge < -0.3 is 4.74 Å². The molecule has 2 heteroatoms. The first kappa shape index (κ1) is 14.8. The van der Waals surface area contributed by atoms with Crippen molar-refractivity contribution in [3.8, 4) is 5.75 Å². The molecule has 3 rings (SSSR count). The lowest BCUT2D eigenvalue weighted by Gasteiger charge is -2.26. The largest absolute Gasteiger partial charge is 0.489 e. The first-order valence-electron chi connectivity index (χ1n) is 7.99. The minimum absolute atomic E-state index is 0.374. The van der Waals surface area contributed by atoms with Crippen LogP contribution in [0.5, 0.6) is 5.75 Å². The number of Topliss-reactive ketones (excluding diaryl/α,β-unsaturated/α-hetero) is 1. The Morgan fingerprint density at radius 2 is 1.73 bits per heavy atom. The molecule has 1 saturated carbocycles. The molecule has 1 aliphatic carbocycles. The van der Waals surface area contributed by atoms with Crippen LogP contribution in [-0.4, -0.2) is 5.78 Å². The van der Waals surface area contributed by atoms with Crippen LogP contribution in [0.15, 0.2) is 54.6 Å². The van der Waals surface area contributed by atoms with E-state index >= 15 is 0 Å². The van der Waals surface area contributed by atoms with Crippen LogP contribution in [0.4, 0.5) is 0 Å². The molecule has 0 aromatic heterocycles. The molecule has 1 fully saturated rings. The van der Waals surface area contributed by atoms with Crippen molar-refractivity contribution >= 4 is 5.78 Å². The van der Waals surface area contributed by atoms with Crippen LogP contribution in [0, 0.1) is 5.92 Å². The molecule has 2 aromatic rings. The normalized spacial score (nSPS) is 21.6. The summed E-state index contributed by atoms with van der Waals surface area (Å²) < 4.78 is 5.81. The molecule has 0 amide bonds. The van der Waals surface area contributed by atoms with E-state index in [1.54, 1.807) is 0 Å². The predicted molar refractivity (Wildman–Crippen MR) is 88.0 cm³/mol. The number of ketones is 1. The number of carbonyl (C=O) groups is 1. The molecule has 2 nitrogen and oxygen atoms in total. The number of carbonyl (C=O) groups excluding carboxylic acids is 1. The van der Waals surface area contributed by atoms with Gasteiger partial charge in [0.2, 0.25) is 0 Å². The van der Waals surface area contributed by atoms with Gasteiger partial charge in [-0.1, -0.05) is 49.4 Å². The fourth-order valence-electron chi connectivity index (χ4n) is 3.23. The van der Waals surface area contributed by atoms with E-state index in [4.69, 9.17) is 4.74 Å². The van der Waals surface area contributed by atoms with Crippen molar-refractivity contribution in [2.45, 2.75) is 38.7 Å². The van der Waals surface area contributed by atoms with Gasteiger partial charge in [0, 0.05) is 12.8 Å². The molecule has 0 aliphatic heterocycles. The zero-order valence-corrected chi connectivity index (χ0v) is 13.0. The maximum Gasteiger partial charge on any atom is 0.133 e. The maximum absolute atomic E-state index is 11.8. The third-order valence-electron chi connectivity index (χ3n) is 4.34. The Hall–Kier alpha value is -2.09. The summed E-state index contributed by atoms with van der Waals surface area (Å²) in [6.45, 7) is 2.75. The molecule has 2 atom stereocenters. The van der Waals surface area contributed by atoms with Crippen molar-refractivity contribution in [3.63, 3.8) is 0 Å². The summed E-state index contributed by atoms with van der Waals surface area (Å²) in [5.74, 6) is 2.15. The third-order valence-corrected chi connectivity index (χ3v) is 4.34. The van der Waals surface area contributed by atoms with Gasteiger partial charge in [0.1, 0.15) is 18.1 Å². The standard InChI is InChI=1S/C20H22O2/c1-15-11-18(13-19(21)12-15)17-7-9-20(10-8-17)22-14-16-5-3-2-4-6-16/h2-10,15,18H,11-14H2,1H3. The topological polar surface area (TPSA) is 26.3 Å². The lowest BCUT2D eigenvalue weighted by atomic mass is 9.78. The minimum atomic E-state index is 0.374. The highest BCUT2D eigenvalue weighted by Gasteiger charge is 2.25. The average Bonchev–Trinajstić information content (AvgIpc) is 2.53. The van der Waals surface area contributed by atoms with Crippen LogP contribution in [0.3, 0.4) is 0 Å². The number of ether oxygens (including phenoxy) is 1. The van der Waals surface area contributed by atoms with Crippen molar-refractivity contribution < 1.29 is 9.53 Å². The summed E-state index contributed by atoms with van der Waals surface area (Å²) >= 11 is 0. The minimum Gasteiger partial charge on any atom is -0.489 e. The Balaban J connectivity index is 1.61. The molecule has 0 spiro atoms. The Labute approximate surface area is 132 Å². The van der Waals surface area contributed by atoms with Crippen LogP contribution >= 0.6 is 0 Å². The van der Waals surface area contributed by atoms with E-state index in [2.05, 4.69) is 31.2 Å². The van der Waals surface area contributed by atoms with Crippen molar-refractivity contribution in [1.29, 1.82) is 0 Å². The van der Waals surface area contributed by atoms with Crippen LogP contribution in [-0.2, 0) is 11.4 Å². The number of rotatable bonds is 4. The van der Waals surface area contributed by atoms with Crippen LogP contribution < -0.4 is 4.74 Å². The van der Waals surface area contributed by atoms with Gasteiger partial charge in [-0.3, -0.25) is 4.79 Å². The lowest BCUT2D eigenvalue weighted by Crippen LogP contribution is -2.19. The summed E-state index contributed by atoms with van der Waals surface area (Å²) in [4.78, 5) is 11.8. The Kier molecular flexibility index (Phi) is 4.57. The van der Waals surface area contributed by atoms with Crippen molar-refractivity contribution in [2.24, 2.45) is 5.92 Å². The molecule has 0 heterocycles. The number of hydrogen-bond acceptors (Lipinski definition) is 2. The lowest BCUT2D eigenvalue weighted by molar-refractivity contribution is -0.121. The predicted octanol–water partition coefficient (Wildman–Crippen LogP) is 4.74.